The molecule has 0 radical (unpaired) electrons. The lowest BCUT2D eigenvalue weighted by Gasteiger charge is -2.24. The zero-order chi connectivity index (χ0) is 17.8. The summed E-state index contributed by atoms with van der Waals surface area (Å²) in [7, 11) is 0. The number of nitrogens with zero attached hydrogens (tertiary/aromatic N) is 2. The van der Waals surface area contributed by atoms with E-state index in [9.17, 15) is 14.9 Å². The van der Waals surface area contributed by atoms with E-state index in [2.05, 4.69) is 4.90 Å². The van der Waals surface area contributed by atoms with Gasteiger partial charge in [0.25, 0.3) is 5.69 Å². The smallest absolute Gasteiger partial charge is 0.272 e. The van der Waals surface area contributed by atoms with Gasteiger partial charge >= 0.3 is 0 Å². The Balaban J connectivity index is 1.67. The fraction of sp³-hybridized carbons (Fsp3) is 0.350. The number of Topliss-reactive ketones (excluding diaryl/α,β-unsaturated/α-hetero) is 1. The first-order chi connectivity index (χ1) is 12.0. The van der Waals surface area contributed by atoms with Crippen molar-refractivity contribution >= 4 is 11.5 Å². The van der Waals surface area contributed by atoms with Crippen molar-refractivity contribution in [2.45, 2.75) is 38.8 Å². The minimum atomic E-state index is -0.351. The summed E-state index contributed by atoms with van der Waals surface area (Å²) in [5.74, 6) is 0.178. The standard InChI is InChI=1S/C20H22N2O3/c1-15-12-16(9-10-19(15)22(24)25)14-21-11-5-8-18(21)13-20(23)17-6-3-2-4-7-17/h2-4,6-7,9-10,12,18H,5,8,11,13-14H2,1H3. The molecule has 1 aliphatic heterocycles. The lowest BCUT2D eigenvalue weighted by molar-refractivity contribution is -0.385. The van der Waals surface area contributed by atoms with Gasteiger partial charge < -0.3 is 0 Å². The molecule has 1 aliphatic rings. The van der Waals surface area contributed by atoms with E-state index >= 15 is 0 Å². The highest BCUT2D eigenvalue weighted by Gasteiger charge is 2.27. The zero-order valence-corrected chi connectivity index (χ0v) is 14.4. The summed E-state index contributed by atoms with van der Waals surface area (Å²) < 4.78 is 0. The number of rotatable bonds is 6. The first kappa shape index (κ1) is 17.3. The van der Waals surface area contributed by atoms with Crippen LogP contribution < -0.4 is 0 Å². The Bertz CT molecular complexity index is 774. The van der Waals surface area contributed by atoms with Gasteiger partial charge in [-0.3, -0.25) is 19.8 Å². The summed E-state index contributed by atoms with van der Waals surface area (Å²) in [6, 6.07) is 14.9. The molecule has 0 aliphatic carbocycles. The fourth-order valence-corrected chi connectivity index (χ4v) is 3.55. The molecule has 5 nitrogen and oxygen atoms in total. The van der Waals surface area contributed by atoms with Crippen LogP contribution in [0.3, 0.4) is 0 Å². The Morgan fingerprint density at radius 2 is 2.00 bits per heavy atom. The highest BCUT2D eigenvalue weighted by atomic mass is 16.6. The molecule has 25 heavy (non-hydrogen) atoms. The van der Waals surface area contributed by atoms with Crippen molar-refractivity contribution in [1.82, 2.24) is 4.90 Å². The predicted molar refractivity (Wildman–Crippen MR) is 96.7 cm³/mol. The lowest BCUT2D eigenvalue weighted by atomic mass is 10.0. The second kappa shape index (κ2) is 7.57. The van der Waals surface area contributed by atoms with Crippen LogP contribution in [0.1, 0.15) is 40.7 Å². The average molecular weight is 338 g/mol. The molecule has 0 spiro atoms. The van der Waals surface area contributed by atoms with Crippen LogP contribution in [-0.2, 0) is 6.54 Å². The van der Waals surface area contributed by atoms with E-state index in [0.717, 1.165) is 37.1 Å². The molecule has 1 saturated heterocycles. The molecule has 0 bridgehead atoms. The molecule has 5 heteroatoms. The van der Waals surface area contributed by atoms with Crippen LogP contribution in [0.2, 0.25) is 0 Å². The Kier molecular flexibility index (Phi) is 5.24. The minimum absolute atomic E-state index is 0.154. The van der Waals surface area contributed by atoms with Crippen LogP contribution in [0.4, 0.5) is 5.69 Å². The molecule has 0 amide bonds. The van der Waals surface area contributed by atoms with E-state index in [4.69, 9.17) is 0 Å². The van der Waals surface area contributed by atoms with Crippen molar-refractivity contribution in [3.05, 3.63) is 75.3 Å². The van der Waals surface area contributed by atoms with Crippen molar-refractivity contribution in [2.24, 2.45) is 0 Å². The normalized spacial score (nSPS) is 17.6. The molecule has 2 aromatic carbocycles. The number of carbonyl (C=O) groups is 1. The first-order valence-corrected chi connectivity index (χ1v) is 8.61. The van der Waals surface area contributed by atoms with Gasteiger partial charge in [0.2, 0.25) is 0 Å². The number of nitro benzene ring substituents is 1. The van der Waals surface area contributed by atoms with Crippen LogP contribution >= 0.6 is 0 Å². The third-order valence-electron chi connectivity index (χ3n) is 4.86. The molecule has 3 rings (SSSR count). The molecule has 0 aromatic heterocycles. The third kappa shape index (κ3) is 4.12. The molecule has 0 N–H and O–H groups in total. The Morgan fingerprint density at radius 1 is 1.24 bits per heavy atom. The van der Waals surface area contributed by atoms with Crippen LogP contribution in [0, 0.1) is 17.0 Å². The molecule has 1 fully saturated rings. The quantitative estimate of drug-likeness (QED) is 0.451. The maximum atomic E-state index is 12.5. The number of benzene rings is 2. The molecule has 130 valence electrons. The maximum absolute atomic E-state index is 12.5. The van der Waals surface area contributed by atoms with E-state index in [-0.39, 0.29) is 22.4 Å². The number of nitro groups is 1. The highest BCUT2D eigenvalue weighted by molar-refractivity contribution is 5.96. The van der Waals surface area contributed by atoms with Gasteiger partial charge in [0.1, 0.15) is 0 Å². The Morgan fingerprint density at radius 3 is 2.68 bits per heavy atom. The van der Waals surface area contributed by atoms with E-state index in [1.54, 1.807) is 13.0 Å². The third-order valence-corrected chi connectivity index (χ3v) is 4.86. The van der Waals surface area contributed by atoms with E-state index < -0.39 is 0 Å². The summed E-state index contributed by atoms with van der Waals surface area (Å²) in [6.07, 6.45) is 2.62. The number of likely N-dealkylation sites (tertiary alicyclic amines) is 1. The fourth-order valence-electron chi connectivity index (χ4n) is 3.55. The highest BCUT2D eigenvalue weighted by Crippen LogP contribution is 2.26. The van der Waals surface area contributed by atoms with Crippen LogP contribution in [0.5, 0.6) is 0 Å². The van der Waals surface area contributed by atoms with Crippen molar-refractivity contribution in [1.29, 1.82) is 0 Å². The van der Waals surface area contributed by atoms with E-state index in [1.165, 1.54) is 0 Å². The maximum Gasteiger partial charge on any atom is 0.272 e. The van der Waals surface area contributed by atoms with Gasteiger partial charge in [0.05, 0.1) is 4.92 Å². The van der Waals surface area contributed by atoms with E-state index in [1.807, 2.05) is 42.5 Å². The zero-order valence-electron chi connectivity index (χ0n) is 14.4. The van der Waals surface area contributed by atoms with Crippen molar-refractivity contribution in [2.75, 3.05) is 6.54 Å². The number of ketones is 1. The largest absolute Gasteiger partial charge is 0.296 e. The second-order valence-electron chi connectivity index (χ2n) is 6.64. The van der Waals surface area contributed by atoms with Gasteiger partial charge in [0, 0.05) is 36.2 Å². The molecule has 2 aromatic rings. The Labute approximate surface area is 147 Å². The Hall–Kier alpha value is -2.53. The number of hydrogen-bond donors (Lipinski definition) is 0. The summed E-state index contributed by atoms with van der Waals surface area (Å²) in [6.45, 7) is 3.45. The number of hydrogen-bond acceptors (Lipinski definition) is 4. The number of aryl methyl sites for hydroxylation is 1. The van der Waals surface area contributed by atoms with E-state index in [0.29, 0.717) is 12.0 Å². The van der Waals surface area contributed by atoms with Crippen LogP contribution in [0.15, 0.2) is 48.5 Å². The summed E-state index contributed by atoms with van der Waals surface area (Å²) in [5.41, 5.74) is 2.65. The summed E-state index contributed by atoms with van der Waals surface area (Å²) in [4.78, 5) is 25.4. The average Bonchev–Trinajstić information content (AvgIpc) is 3.02. The summed E-state index contributed by atoms with van der Waals surface area (Å²) >= 11 is 0. The SMILES string of the molecule is Cc1cc(CN2CCCC2CC(=O)c2ccccc2)ccc1[N+](=O)[O-]. The van der Waals surface area contributed by atoms with Crippen LogP contribution in [0.25, 0.3) is 0 Å². The van der Waals surface area contributed by atoms with Gasteiger partial charge in [-0.1, -0.05) is 36.4 Å². The topological polar surface area (TPSA) is 63.5 Å². The van der Waals surface area contributed by atoms with Gasteiger partial charge in [-0.25, -0.2) is 0 Å². The lowest BCUT2D eigenvalue weighted by Crippen LogP contribution is -2.31. The molecule has 1 atom stereocenters. The molecular formula is C20H22N2O3. The molecule has 0 saturated carbocycles. The van der Waals surface area contributed by atoms with Crippen molar-refractivity contribution < 1.29 is 9.72 Å². The van der Waals surface area contributed by atoms with Gasteiger partial charge in [0.15, 0.2) is 5.78 Å². The first-order valence-electron chi connectivity index (χ1n) is 8.61. The predicted octanol–water partition coefficient (Wildman–Crippen LogP) is 4.14. The number of carbonyl (C=O) groups excluding carboxylic acids is 1. The molecule has 1 unspecified atom stereocenters. The van der Waals surface area contributed by atoms with Crippen molar-refractivity contribution in [3.8, 4) is 0 Å². The van der Waals surface area contributed by atoms with Gasteiger partial charge in [-0.2, -0.15) is 0 Å². The minimum Gasteiger partial charge on any atom is -0.296 e. The molecular weight excluding hydrogens is 316 g/mol. The van der Waals surface area contributed by atoms with Gasteiger partial charge in [-0.15, -0.1) is 0 Å². The summed E-state index contributed by atoms with van der Waals surface area (Å²) in [5, 5.41) is 10.9. The van der Waals surface area contributed by atoms with Crippen LogP contribution in [-0.4, -0.2) is 28.2 Å². The van der Waals surface area contributed by atoms with Crippen molar-refractivity contribution in [3.63, 3.8) is 0 Å². The second-order valence-corrected chi connectivity index (χ2v) is 6.64. The molecule has 1 heterocycles. The van der Waals surface area contributed by atoms with Gasteiger partial charge in [-0.05, 0) is 37.9 Å². The monoisotopic (exact) mass is 338 g/mol.